The van der Waals surface area contributed by atoms with E-state index in [1.165, 1.54) is 25.7 Å². The Bertz CT molecular complexity index is 222. The van der Waals surface area contributed by atoms with Crippen LogP contribution in [-0.4, -0.2) is 24.0 Å². The van der Waals surface area contributed by atoms with Gasteiger partial charge in [0.25, 0.3) is 0 Å². The zero-order valence-corrected chi connectivity index (χ0v) is 10.9. The normalized spacial score (nSPS) is 20.7. The molecule has 0 aromatic rings. The molecule has 94 valence electrons. The van der Waals surface area contributed by atoms with Gasteiger partial charge >= 0.3 is 0 Å². The van der Waals surface area contributed by atoms with Crippen LogP contribution in [0.5, 0.6) is 0 Å². The van der Waals surface area contributed by atoms with Gasteiger partial charge in [-0.05, 0) is 33.1 Å². The van der Waals surface area contributed by atoms with Crippen molar-refractivity contribution in [1.82, 2.24) is 10.6 Å². The van der Waals surface area contributed by atoms with Crippen LogP contribution < -0.4 is 10.6 Å². The molecular weight excluding hydrogens is 200 g/mol. The molecular formula is C13H26N2O. The van der Waals surface area contributed by atoms with Crippen molar-refractivity contribution >= 4 is 5.91 Å². The largest absolute Gasteiger partial charge is 0.355 e. The molecule has 1 saturated carbocycles. The van der Waals surface area contributed by atoms with Crippen molar-refractivity contribution < 1.29 is 4.79 Å². The highest BCUT2D eigenvalue weighted by Crippen LogP contribution is 2.29. The third-order valence-electron chi connectivity index (χ3n) is 3.49. The molecule has 0 spiro atoms. The number of amides is 1. The van der Waals surface area contributed by atoms with Crippen molar-refractivity contribution in [1.29, 1.82) is 0 Å². The van der Waals surface area contributed by atoms with Crippen LogP contribution in [0.3, 0.4) is 0 Å². The van der Waals surface area contributed by atoms with Gasteiger partial charge in [-0.25, -0.2) is 0 Å². The number of nitrogens with one attached hydrogen (secondary N) is 2. The summed E-state index contributed by atoms with van der Waals surface area (Å²) in [6.07, 6.45) is 7.15. The van der Waals surface area contributed by atoms with Crippen LogP contribution >= 0.6 is 0 Å². The predicted octanol–water partition coefficient (Wildman–Crippen LogP) is 2.21. The average Bonchev–Trinajstić information content (AvgIpc) is 2.65. The smallest absolute Gasteiger partial charge is 0.236 e. The average molecular weight is 226 g/mol. The van der Waals surface area contributed by atoms with Crippen molar-refractivity contribution in [2.75, 3.05) is 6.54 Å². The lowest BCUT2D eigenvalue weighted by Gasteiger charge is -2.29. The first-order valence-corrected chi connectivity index (χ1v) is 6.63. The minimum atomic E-state index is -0.0695. The molecule has 1 amide bonds. The molecule has 1 aliphatic rings. The maximum Gasteiger partial charge on any atom is 0.236 e. The van der Waals surface area contributed by atoms with Crippen molar-refractivity contribution in [3.05, 3.63) is 0 Å². The number of carbonyl (C=O) groups excluding carboxylic acids is 1. The lowest BCUT2D eigenvalue weighted by Crippen LogP contribution is -2.51. The van der Waals surface area contributed by atoms with Gasteiger partial charge in [-0.15, -0.1) is 0 Å². The van der Waals surface area contributed by atoms with Crippen molar-refractivity contribution in [3.63, 3.8) is 0 Å². The summed E-state index contributed by atoms with van der Waals surface area (Å²) in [6, 6.07) is -0.0695. The van der Waals surface area contributed by atoms with E-state index in [9.17, 15) is 4.79 Å². The number of carbonyl (C=O) groups is 1. The van der Waals surface area contributed by atoms with Gasteiger partial charge in [0, 0.05) is 12.1 Å². The Morgan fingerprint density at radius 2 is 2.00 bits per heavy atom. The van der Waals surface area contributed by atoms with Crippen LogP contribution in [0.1, 0.15) is 59.3 Å². The third kappa shape index (κ3) is 4.12. The summed E-state index contributed by atoms with van der Waals surface area (Å²) >= 11 is 0. The van der Waals surface area contributed by atoms with Crippen LogP contribution in [0.2, 0.25) is 0 Å². The molecule has 1 rings (SSSR count). The molecule has 1 fully saturated rings. The fourth-order valence-electron chi connectivity index (χ4n) is 2.43. The first-order valence-electron chi connectivity index (χ1n) is 6.63. The van der Waals surface area contributed by atoms with Gasteiger partial charge in [-0.3, -0.25) is 4.79 Å². The number of rotatable bonds is 6. The van der Waals surface area contributed by atoms with Crippen molar-refractivity contribution in [3.8, 4) is 0 Å². The molecule has 16 heavy (non-hydrogen) atoms. The fraction of sp³-hybridized carbons (Fsp3) is 0.923. The predicted molar refractivity (Wildman–Crippen MR) is 67.4 cm³/mol. The number of hydrogen-bond donors (Lipinski definition) is 2. The Morgan fingerprint density at radius 1 is 1.38 bits per heavy atom. The summed E-state index contributed by atoms with van der Waals surface area (Å²) in [5, 5.41) is 6.44. The van der Waals surface area contributed by atoms with E-state index in [-0.39, 0.29) is 17.5 Å². The quantitative estimate of drug-likeness (QED) is 0.682. The summed E-state index contributed by atoms with van der Waals surface area (Å²) in [7, 11) is 0. The lowest BCUT2D eigenvalue weighted by atomic mass is 9.99. The van der Waals surface area contributed by atoms with Crippen molar-refractivity contribution in [2.45, 2.75) is 70.9 Å². The summed E-state index contributed by atoms with van der Waals surface area (Å²) in [5.41, 5.74) is 0.182. The second kappa shape index (κ2) is 6.24. The topological polar surface area (TPSA) is 41.1 Å². The highest BCUT2D eigenvalue weighted by molar-refractivity contribution is 5.81. The van der Waals surface area contributed by atoms with E-state index in [4.69, 9.17) is 0 Å². The van der Waals surface area contributed by atoms with Crippen LogP contribution in [-0.2, 0) is 4.79 Å². The fourth-order valence-corrected chi connectivity index (χ4v) is 2.43. The maximum atomic E-state index is 11.8. The summed E-state index contributed by atoms with van der Waals surface area (Å²) < 4.78 is 0. The van der Waals surface area contributed by atoms with Gasteiger partial charge in [0.1, 0.15) is 0 Å². The zero-order valence-electron chi connectivity index (χ0n) is 10.9. The molecule has 1 unspecified atom stereocenters. The van der Waals surface area contributed by atoms with E-state index in [1.807, 2.05) is 6.92 Å². The van der Waals surface area contributed by atoms with E-state index in [0.717, 1.165) is 19.4 Å². The third-order valence-corrected chi connectivity index (χ3v) is 3.49. The van der Waals surface area contributed by atoms with Crippen molar-refractivity contribution in [2.24, 2.45) is 0 Å². The highest BCUT2D eigenvalue weighted by atomic mass is 16.2. The van der Waals surface area contributed by atoms with Crippen LogP contribution in [0.15, 0.2) is 0 Å². The maximum absolute atomic E-state index is 11.8. The molecule has 2 N–H and O–H groups in total. The van der Waals surface area contributed by atoms with E-state index >= 15 is 0 Å². The Morgan fingerprint density at radius 3 is 2.56 bits per heavy atom. The van der Waals surface area contributed by atoms with E-state index in [0.29, 0.717) is 0 Å². The van der Waals surface area contributed by atoms with Gasteiger partial charge < -0.3 is 10.6 Å². The molecule has 0 bridgehead atoms. The molecule has 0 aliphatic heterocycles. The van der Waals surface area contributed by atoms with Crippen LogP contribution in [0.4, 0.5) is 0 Å². The zero-order chi connectivity index (χ0) is 12.0. The summed E-state index contributed by atoms with van der Waals surface area (Å²) in [5.74, 6) is 0.140. The molecule has 1 atom stereocenters. The molecule has 3 nitrogen and oxygen atoms in total. The van der Waals surface area contributed by atoms with Crippen LogP contribution in [0.25, 0.3) is 0 Å². The molecule has 0 aromatic carbocycles. The second-order valence-corrected chi connectivity index (χ2v) is 5.28. The first-order chi connectivity index (χ1) is 7.57. The minimum Gasteiger partial charge on any atom is -0.355 e. The van der Waals surface area contributed by atoms with Crippen LogP contribution in [0, 0.1) is 0 Å². The van der Waals surface area contributed by atoms with Gasteiger partial charge in [-0.1, -0.05) is 26.2 Å². The molecule has 0 heterocycles. The minimum absolute atomic E-state index is 0.0695. The van der Waals surface area contributed by atoms with Gasteiger partial charge in [-0.2, -0.15) is 0 Å². The molecule has 1 aliphatic carbocycles. The SMILES string of the molecule is CCCCNC(=O)C(C)NC1(C)CCCC1. The first kappa shape index (κ1) is 13.5. The Labute approximate surface area is 99.4 Å². The molecule has 0 aromatic heterocycles. The Kier molecular flexibility index (Phi) is 5.26. The van der Waals surface area contributed by atoms with Gasteiger partial charge in [0.05, 0.1) is 6.04 Å². The van der Waals surface area contributed by atoms with Gasteiger partial charge in [0.15, 0.2) is 0 Å². The Balaban J connectivity index is 2.27. The van der Waals surface area contributed by atoms with E-state index in [1.54, 1.807) is 0 Å². The number of unbranched alkanes of at least 4 members (excludes halogenated alkanes) is 1. The molecule has 3 heteroatoms. The van der Waals surface area contributed by atoms with E-state index < -0.39 is 0 Å². The molecule has 0 radical (unpaired) electrons. The number of hydrogen-bond acceptors (Lipinski definition) is 2. The summed E-state index contributed by atoms with van der Waals surface area (Å²) in [4.78, 5) is 11.8. The summed E-state index contributed by atoms with van der Waals surface area (Å²) in [6.45, 7) is 7.13. The molecule has 0 saturated heterocycles. The van der Waals surface area contributed by atoms with E-state index in [2.05, 4.69) is 24.5 Å². The monoisotopic (exact) mass is 226 g/mol. The van der Waals surface area contributed by atoms with Gasteiger partial charge in [0.2, 0.25) is 5.91 Å². The Hall–Kier alpha value is -0.570. The lowest BCUT2D eigenvalue weighted by molar-refractivity contribution is -0.123. The highest BCUT2D eigenvalue weighted by Gasteiger charge is 2.31. The second-order valence-electron chi connectivity index (χ2n) is 5.28. The standard InChI is InChI=1S/C13H26N2O/c1-4-5-10-14-12(16)11(2)15-13(3)8-6-7-9-13/h11,15H,4-10H2,1-3H3,(H,14,16).